The van der Waals surface area contributed by atoms with Crippen molar-refractivity contribution in [2.75, 3.05) is 26.2 Å². The Bertz CT molecular complexity index is 708. The number of guanidine groups is 1. The maximum absolute atomic E-state index is 12.6. The van der Waals surface area contributed by atoms with Crippen LogP contribution in [0.4, 0.5) is 0 Å². The number of carbonyl (C=O) groups excluding carboxylic acids is 2. The van der Waals surface area contributed by atoms with Crippen molar-refractivity contribution in [1.82, 2.24) is 21.3 Å². The van der Waals surface area contributed by atoms with Crippen molar-refractivity contribution >= 4 is 23.7 Å². The number of nitrogens with one attached hydrogen (secondary N) is 4. The molecule has 0 bridgehead atoms. The van der Waals surface area contributed by atoms with Crippen LogP contribution in [-0.2, 0) is 20.8 Å². The molecule has 1 aromatic carbocycles. The molecule has 0 aromatic heterocycles. The van der Waals surface area contributed by atoms with E-state index in [1.807, 2.05) is 30.3 Å². The zero-order chi connectivity index (χ0) is 20.9. The summed E-state index contributed by atoms with van der Waals surface area (Å²) < 4.78 is 0. The largest absolute Gasteiger partial charge is 0.481 e. The average molecular weight is 403 g/mol. The first kappa shape index (κ1) is 22.2. The number of nitrogens with zero attached hydrogens (tertiary/aromatic N) is 1. The van der Waals surface area contributed by atoms with Crippen molar-refractivity contribution in [2.45, 2.75) is 38.1 Å². The minimum atomic E-state index is -1.04. The minimum absolute atomic E-state index is 0.155. The fourth-order valence-electron chi connectivity index (χ4n) is 2.85. The van der Waals surface area contributed by atoms with Crippen LogP contribution >= 0.6 is 0 Å². The van der Waals surface area contributed by atoms with Crippen LogP contribution in [-0.4, -0.2) is 61.1 Å². The van der Waals surface area contributed by atoms with Gasteiger partial charge in [0.15, 0.2) is 5.96 Å². The van der Waals surface area contributed by atoms with Crippen LogP contribution < -0.4 is 21.3 Å². The molecule has 2 rings (SSSR count). The summed E-state index contributed by atoms with van der Waals surface area (Å²) in [6, 6.07) is 8.64. The summed E-state index contributed by atoms with van der Waals surface area (Å²) in [5.41, 5.74) is 0.917. The molecule has 9 nitrogen and oxygen atoms in total. The van der Waals surface area contributed by atoms with E-state index in [4.69, 9.17) is 5.11 Å². The van der Waals surface area contributed by atoms with E-state index in [1.54, 1.807) is 0 Å². The van der Waals surface area contributed by atoms with Gasteiger partial charge >= 0.3 is 5.97 Å². The lowest BCUT2D eigenvalue weighted by molar-refractivity contribution is -0.139. The monoisotopic (exact) mass is 403 g/mol. The molecular formula is C20H29N5O4. The Hall–Kier alpha value is -3.10. The molecule has 0 fully saturated rings. The van der Waals surface area contributed by atoms with Crippen molar-refractivity contribution in [3.05, 3.63) is 35.9 Å². The Kier molecular flexibility index (Phi) is 9.47. The van der Waals surface area contributed by atoms with Crippen molar-refractivity contribution in [3.8, 4) is 0 Å². The topological polar surface area (TPSA) is 132 Å². The lowest BCUT2D eigenvalue weighted by atomic mass is 10.0. The molecule has 0 radical (unpaired) electrons. The van der Waals surface area contributed by atoms with E-state index < -0.39 is 17.9 Å². The van der Waals surface area contributed by atoms with Crippen LogP contribution in [0.3, 0.4) is 0 Å². The third kappa shape index (κ3) is 9.09. The summed E-state index contributed by atoms with van der Waals surface area (Å²) in [5, 5.41) is 20.6. The number of aliphatic imine (C=N–C) groups is 1. The lowest BCUT2D eigenvalue weighted by Gasteiger charge is -2.18. The number of hydrogen-bond acceptors (Lipinski definition) is 6. The average Bonchev–Trinajstić information content (AvgIpc) is 3.22. The zero-order valence-corrected chi connectivity index (χ0v) is 16.4. The smallest absolute Gasteiger partial charge is 0.303 e. The third-order valence-corrected chi connectivity index (χ3v) is 4.37. The van der Waals surface area contributed by atoms with Crippen molar-refractivity contribution in [3.63, 3.8) is 0 Å². The molecule has 0 unspecified atom stereocenters. The number of carboxylic acids is 1. The second-order valence-corrected chi connectivity index (χ2v) is 6.79. The standard InChI is InChI=1S/C20H29N5O4/c26-17(8-9-18(27)28)25-16(14-15-6-2-1-3-7-15)19(29)21-10-4-5-11-22-20-23-12-13-24-20/h1-3,6-7,16H,4-5,8-14H2,(H,21,29)(H,25,26)(H,27,28)(H2,22,23,24)/t16-/m0/s1. The number of carboxylic acid groups (broad SMARTS) is 1. The number of aliphatic carboxylic acids is 1. The summed E-state index contributed by atoms with van der Waals surface area (Å²) in [6.07, 6.45) is 1.58. The summed E-state index contributed by atoms with van der Waals surface area (Å²) in [7, 11) is 0. The Morgan fingerprint density at radius 2 is 1.86 bits per heavy atom. The number of benzene rings is 1. The molecule has 0 spiro atoms. The fraction of sp³-hybridized carbons (Fsp3) is 0.500. The molecule has 1 atom stereocenters. The van der Waals surface area contributed by atoms with Gasteiger partial charge in [0.2, 0.25) is 11.8 Å². The van der Waals surface area contributed by atoms with Gasteiger partial charge in [-0.1, -0.05) is 30.3 Å². The molecular weight excluding hydrogens is 374 g/mol. The number of carbonyl (C=O) groups is 3. The lowest BCUT2D eigenvalue weighted by Crippen LogP contribution is -2.48. The first-order chi connectivity index (χ1) is 14.0. The molecule has 9 heteroatoms. The van der Waals surface area contributed by atoms with E-state index in [9.17, 15) is 14.4 Å². The number of hydrogen-bond donors (Lipinski definition) is 5. The third-order valence-electron chi connectivity index (χ3n) is 4.37. The second kappa shape index (κ2) is 12.4. The van der Waals surface area contributed by atoms with Crippen LogP contribution in [0.15, 0.2) is 35.3 Å². The van der Waals surface area contributed by atoms with Gasteiger partial charge in [-0.3, -0.25) is 19.4 Å². The van der Waals surface area contributed by atoms with Gasteiger partial charge in [0.1, 0.15) is 6.04 Å². The number of amides is 2. The number of rotatable bonds is 12. The van der Waals surface area contributed by atoms with Crippen molar-refractivity contribution in [1.29, 1.82) is 0 Å². The summed E-state index contributed by atoms with van der Waals surface area (Å²) in [5.74, 6) is -0.942. The van der Waals surface area contributed by atoms with Crippen LogP contribution in [0.25, 0.3) is 0 Å². The maximum atomic E-state index is 12.6. The first-order valence-electron chi connectivity index (χ1n) is 9.89. The van der Waals surface area contributed by atoms with Gasteiger partial charge in [-0.2, -0.15) is 0 Å². The normalized spacial score (nSPS) is 13.7. The molecule has 0 saturated carbocycles. The van der Waals surface area contributed by atoms with Crippen molar-refractivity contribution in [2.24, 2.45) is 4.99 Å². The molecule has 1 heterocycles. The van der Waals surface area contributed by atoms with Gasteiger partial charge in [0.05, 0.1) is 13.0 Å². The van der Waals surface area contributed by atoms with E-state index >= 15 is 0 Å². The van der Waals surface area contributed by atoms with E-state index in [0.29, 0.717) is 13.0 Å². The quantitative estimate of drug-likeness (QED) is 0.313. The van der Waals surface area contributed by atoms with E-state index in [-0.39, 0.29) is 18.7 Å². The van der Waals surface area contributed by atoms with Gasteiger partial charge in [-0.25, -0.2) is 0 Å². The molecule has 1 aliphatic rings. The van der Waals surface area contributed by atoms with Gasteiger partial charge in [-0.15, -0.1) is 0 Å². The molecule has 5 N–H and O–H groups in total. The van der Waals surface area contributed by atoms with E-state index in [2.05, 4.69) is 26.3 Å². The van der Waals surface area contributed by atoms with Crippen LogP contribution in [0.1, 0.15) is 31.2 Å². The van der Waals surface area contributed by atoms with Gasteiger partial charge < -0.3 is 26.4 Å². The predicted molar refractivity (Wildman–Crippen MR) is 109 cm³/mol. The van der Waals surface area contributed by atoms with Crippen LogP contribution in [0, 0.1) is 0 Å². The van der Waals surface area contributed by atoms with E-state index in [0.717, 1.165) is 44.0 Å². The highest BCUT2D eigenvalue weighted by Gasteiger charge is 2.21. The molecule has 0 aliphatic carbocycles. The van der Waals surface area contributed by atoms with Crippen LogP contribution in [0.2, 0.25) is 0 Å². The fourth-order valence-corrected chi connectivity index (χ4v) is 2.85. The molecule has 0 saturated heterocycles. The summed E-state index contributed by atoms with van der Waals surface area (Å²) >= 11 is 0. The highest BCUT2D eigenvalue weighted by atomic mass is 16.4. The molecule has 158 valence electrons. The van der Waals surface area contributed by atoms with E-state index in [1.165, 1.54) is 0 Å². The Balaban J connectivity index is 1.76. The number of unbranched alkanes of at least 4 members (excludes halogenated alkanes) is 1. The van der Waals surface area contributed by atoms with Gasteiger partial charge in [0.25, 0.3) is 0 Å². The predicted octanol–water partition coefficient (Wildman–Crippen LogP) is 0.0239. The Labute approximate surface area is 170 Å². The molecule has 29 heavy (non-hydrogen) atoms. The summed E-state index contributed by atoms with van der Waals surface area (Å²) in [6.45, 7) is 2.91. The Morgan fingerprint density at radius 3 is 2.55 bits per heavy atom. The molecule has 1 aliphatic heterocycles. The maximum Gasteiger partial charge on any atom is 0.303 e. The van der Waals surface area contributed by atoms with Crippen LogP contribution in [0.5, 0.6) is 0 Å². The molecule has 1 aromatic rings. The van der Waals surface area contributed by atoms with Crippen molar-refractivity contribution < 1.29 is 19.5 Å². The summed E-state index contributed by atoms with van der Waals surface area (Å²) in [4.78, 5) is 39.5. The second-order valence-electron chi connectivity index (χ2n) is 6.79. The zero-order valence-electron chi connectivity index (χ0n) is 16.4. The first-order valence-corrected chi connectivity index (χ1v) is 9.89. The molecule has 2 amide bonds. The highest BCUT2D eigenvalue weighted by molar-refractivity contribution is 5.88. The highest BCUT2D eigenvalue weighted by Crippen LogP contribution is 2.04. The van der Waals surface area contributed by atoms with Gasteiger partial charge in [-0.05, 0) is 18.4 Å². The Morgan fingerprint density at radius 1 is 1.10 bits per heavy atom. The SMILES string of the molecule is O=C(O)CCC(=O)N[C@@H](Cc1ccccc1)C(=O)NCCCCNC1=NCCN1. The van der Waals surface area contributed by atoms with Gasteiger partial charge in [0, 0.05) is 32.5 Å². The minimum Gasteiger partial charge on any atom is -0.481 e.